The van der Waals surface area contributed by atoms with Crippen molar-refractivity contribution in [1.82, 2.24) is 0 Å². The molecule has 0 aliphatic heterocycles. The fourth-order valence-electron chi connectivity index (χ4n) is 1.52. The Hall–Kier alpha value is -1.09. The van der Waals surface area contributed by atoms with Gasteiger partial charge in [0.2, 0.25) is 0 Å². The zero-order valence-corrected chi connectivity index (χ0v) is 9.87. The van der Waals surface area contributed by atoms with Gasteiger partial charge in [-0.2, -0.15) is 0 Å². The molecule has 0 aliphatic carbocycles. The van der Waals surface area contributed by atoms with Crippen molar-refractivity contribution in [3.05, 3.63) is 48.0 Å². The highest BCUT2D eigenvalue weighted by atomic mass is 32.2. The van der Waals surface area contributed by atoms with E-state index in [-0.39, 0.29) is 11.7 Å². The minimum absolute atomic E-state index is 0.0359. The van der Waals surface area contributed by atoms with Gasteiger partial charge < -0.3 is 0 Å². The highest BCUT2D eigenvalue weighted by Crippen LogP contribution is 2.18. The molecule has 0 fully saturated rings. The number of allylic oxidation sites excluding steroid dienone is 2. The van der Waals surface area contributed by atoms with Crippen LogP contribution in [0.15, 0.2) is 42.5 Å². The molecular weight excluding hydrogens is 208 g/mol. The topological polar surface area (TPSA) is 34.1 Å². The van der Waals surface area contributed by atoms with Crippen LogP contribution in [0.4, 0.5) is 0 Å². The average Bonchev–Trinajstić information content (AvgIpc) is 2.17. The standard InChI is InChI=1S/C12H16O2S/c1-3-7-12(10-15(2,13)14)11-8-5-4-6-9-11/h3-9,12H,10H2,1-2H3/b7-3+/t12-/m0/s1. The van der Waals surface area contributed by atoms with Crippen molar-refractivity contribution in [2.75, 3.05) is 12.0 Å². The summed E-state index contributed by atoms with van der Waals surface area (Å²) < 4.78 is 22.5. The Morgan fingerprint density at radius 3 is 2.33 bits per heavy atom. The molecule has 82 valence electrons. The number of sulfone groups is 1. The van der Waals surface area contributed by atoms with Gasteiger partial charge in [-0.15, -0.1) is 0 Å². The van der Waals surface area contributed by atoms with E-state index < -0.39 is 9.84 Å². The van der Waals surface area contributed by atoms with Gasteiger partial charge in [-0.05, 0) is 12.5 Å². The number of hydrogen-bond donors (Lipinski definition) is 0. The Balaban J connectivity index is 2.94. The molecule has 0 bridgehead atoms. The molecule has 15 heavy (non-hydrogen) atoms. The molecule has 0 spiro atoms. The van der Waals surface area contributed by atoms with Crippen molar-refractivity contribution in [1.29, 1.82) is 0 Å². The molecular formula is C12H16O2S. The third-order valence-corrected chi connectivity index (χ3v) is 3.10. The third-order valence-electron chi connectivity index (χ3n) is 2.13. The van der Waals surface area contributed by atoms with Crippen molar-refractivity contribution in [3.63, 3.8) is 0 Å². The summed E-state index contributed by atoms with van der Waals surface area (Å²) in [6, 6.07) is 9.69. The highest BCUT2D eigenvalue weighted by molar-refractivity contribution is 7.90. The predicted octanol–water partition coefficient (Wildman–Crippen LogP) is 2.39. The molecule has 0 aromatic heterocycles. The van der Waals surface area contributed by atoms with Gasteiger partial charge in [-0.25, -0.2) is 8.42 Å². The minimum Gasteiger partial charge on any atom is -0.229 e. The summed E-state index contributed by atoms with van der Waals surface area (Å²) in [6.07, 6.45) is 5.09. The molecule has 3 heteroatoms. The molecule has 1 rings (SSSR count). The van der Waals surface area contributed by atoms with E-state index in [4.69, 9.17) is 0 Å². The molecule has 1 atom stereocenters. The summed E-state index contributed by atoms with van der Waals surface area (Å²) in [4.78, 5) is 0. The maximum Gasteiger partial charge on any atom is 0.148 e. The monoisotopic (exact) mass is 224 g/mol. The van der Waals surface area contributed by atoms with Gasteiger partial charge in [0.15, 0.2) is 0 Å². The van der Waals surface area contributed by atoms with E-state index in [0.29, 0.717) is 0 Å². The molecule has 0 aliphatic rings. The van der Waals surface area contributed by atoms with Crippen LogP contribution in [0.5, 0.6) is 0 Å². The molecule has 1 aromatic rings. The van der Waals surface area contributed by atoms with E-state index in [1.54, 1.807) is 0 Å². The van der Waals surface area contributed by atoms with Gasteiger partial charge in [-0.1, -0.05) is 42.5 Å². The maximum absolute atomic E-state index is 11.3. The normalized spacial score (nSPS) is 14.3. The first-order chi connectivity index (χ1) is 7.03. The lowest BCUT2D eigenvalue weighted by molar-refractivity contribution is 0.598. The summed E-state index contributed by atoms with van der Waals surface area (Å²) in [5, 5.41) is 0. The second-order valence-corrected chi connectivity index (χ2v) is 5.82. The van der Waals surface area contributed by atoms with Crippen LogP contribution in [0.25, 0.3) is 0 Å². The van der Waals surface area contributed by atoms with Crippen LogP contribution in [-0.4, -0.2) is 20.4 Å². The van der Waals surface area contributed by atoms with Crippen LogP contribution in [-0.2, 0) is 9.84 Å². The molecule has 0 amide bonds. The van der Waals surface area contributed by atoms with Gasteiger partial charge in [0, 0.05) is 12.2 Å². The minimum atomic E-state index is -2.94. The van der Waals surface area contributed by atoms with Gasteiger partial charge in [0.1, 0.15) is 9.84 Å². The maximum atomic E-state index is 11.3. The van der Waals surface area contributed by atoms with Gasteiger partial charge >= 0.3 is 0 Å². The van der Waals surface area contributed by atoms with Crippen LogP contribution >= 0.6 is 0 Å². The number of hydrogen-bond acceptors (Lipinski definition) is 2. The van der Waals surface area contributed by atoms with Crippen molar-refractivity contribution in [3.8, 4) is 0 Å². The second kappa shape index (κ2) is 5.12. The second-order valence-electron chi connectivity index (χ2n) is 3.64. The van der Waals surface area contributed by atoms with Crippen LogP contribution in [0.2, 0.25) is 0 Å². The molecule has 0 saturated carbocycles. The van der Waals surface area contributed by atoms with Crippen molar-refractivity contribution in [2.45, 2.75) is 12.8 Å². The molecule has 0 saturated heterocycles. The van der Waals surface area contributed by atoms with E-state index >= 15 is 0 Å². The largest absolute Gasteiger partial charge is 0.229 e. The number of rotatable bonds is 4. The van der Waals surface area contributed by atoms with Gasteiger partial charge in [-0.3, -0.25) is 0 Å². The fourth-order valence-corrected chi connectivity index (χ4v) is 2.48. The molecule has 0 heterocycles. The molecule has 1 aromatic carbocycles. The fraction of sp³-hybridized carbons (Fsp3) is 0.333. The van der Waals surface area contributed by atoms with Crippen molar-refractivity contribution in [2.24, 2.45) is 0 Å². The number of benzene rings is 1. The predicted molar refractivity (Wildman–Crippen MR) is 63.7 cm³/mol. The first-order valence-corrected chi connectivity index (χ1v) is 6.94. The van der Waals surface area contributed by atoms with E-state index in [9.17, 15) is 8.42 Å². The first kappa shape index (κ1) is 12.0. The Labute approximate surface area is 91.6 Å². The van der Waals surface area contributed by atoms with Crippen LogP contribution in [0.3, 0.4) is 0 Å². The molecule has 2 nitrogen and oxygen atoms in total. The van der Waals surface area contributed by atoms with E-state index in [1.807, 2.05) is 49.4 Å². The van der Waals surface area contributed by atoms with Crippen molar-refractivity contribution < 1.29 is 8.42 Å². The molecule has 0 N–H and O–H groups in total. The summed E-state index contributed by atoms with van der Waals surface area (Å²) in [5.41, 5.74) is 1.04. The lowest BCUT2D eigenvalue weighted by atomic mass is 10.0. The van der Waals surface area contributed by atoms with Crippen LogP contribution < -0.4 is 0 Å². The van der Waals surface area contributed by atoms with E-state index in [1.165, 1.54) is 6.26 Å². The lowest BCUT2D eigenvalue weighted by Gasteiger charge is -2.11. The van der Waals surface area contributed by atoms with E-state index in [0.717, 1.165) is 5.56 Å². The SMILES string of the molecule is C/C=C/[C@@H](CS(C)(=O)=O)c1ccccc1. The zero-order valence-electron chi connectivity index (χ0n) is 9.05. The average molecular weight is 224 g/mol. The Morgan fingerprint density at radius 1 is 1.27 bits per heavy atom. The van der Waals surface area contributed by atoms with Gasteiger partial charge in [0.25, 0.3) is 0 Å². The Kier molecular flexibility index (Phi) is 4.09. The Bertz CT molecular complexity index is 418. The quantitative estimate of drug-likeness (QED) is 0.736. The summed E-state index contributed by atoms with van der Waals surface area (Å²) in [6.45, 7) is 1.90. The summed E-state index contributed by atoms with van der Waals surface area (Å²) in [7, 11) is -2.94. The molecule has 0 unspecified atom stereocenters. The molecule has 0 radical (unpaired) electrons. The summed E-state index contributed by atoms with van der Waals surface area (Å²) >= 11 is 0. The summed E-state index contributed by atoms with van der Waals surface area (Å²) in [5.74, 6) is 0.132. The third kappa shape index (κ3) is 4.30. The first-order valence-electron chi connectivity index (χ1n) is 4.88. The Morgan fingerprint density at radius 2 is 1.87 bits per heavy atom. The van der Waals surface area contributed by atoms with Crippen LogP contribution in [0.1, 0.15) is 18.4 Å². The van der Waals surface area contributed by atoms with Gasteiger partial charge in [0.05, 0.1) is 5.75 Å². The highest BCUT2D eigenvalue weighted by Gasteiger charge is 2.13. The van der Waals surface area contributed by atoms with Crippen LogP contribution in [0, 0.1) is 0 Å². The smallest absolute Gasteiger partial charge is 0.148 e. The van der Waals surface area contributed by atoms with Crippen molar-refractivity contribution >= 4 is 9.84 Å². The van der Waals surface area contributed by atoms with E-state index in [2.05, 4.69) is 0 Å². The lowest BCUT2D eigenvalue weighted by Crippen LogP contribution is -2.11. The zero-order chi connectivity index (χ0) is 11.3.